The number of hydrogen-bond acceptors (Lipinski definition) is 4. The van der Waals surface area contributed by atoms with Gasteiger partial charge in [-0.3, -0.25) is 4.57 Å². The van der Waals surface area contributed by atoms with Crippen LogP contribution in [0.3, 0.4) is 0 Å². The SMILES string of the molecule is COc1ccc2cn(-c3ccc4ocnc4c3)c(O)c2c1. The molecule has 21 heavy (non-hydrogen) atoms. The first-order chi connectivity index (χ1) is 10.3. The third kappa shape index (κ3) is 1.74. The monoisotopic (exact) mass is 280 g/mol. The molecular weight excluding hydrogens is 268 g/mol. The number of benzene rings is 2. The number of aromatic nitrogens is 2. The standard InChI is InChI=1S/C16H12N2O3/c1-20-12-4-2-10-8-18(16(19)13(10)7-12)11-3-5-15-14(6-11)17-9-21-15/h2-9,19H,1H3. The molecule has 0 aliphatic rings. The average Bonchev–Trinajstić information content (AvgIpc) is 3.11. The fraction of sp³-hybridized carbons (Fsp3) is 0.0625. The van der Waals surface area contributed by atoms with E-state index < -0.39 is 0 Å². The lowest BCUT2D eigenvalue weighted by molar-refractivity contribution is 0.414. The summed E-state index contributed by atoms with van der Waals surface area (Å²) < 4.78 is 12.1. The smallest absolute Gasteiger partial charge is 0.203 e. The lowest BCUT2D eigenvalue weighted by atomic mass is 10.2. The predicted molar refractivity (Wildman–Crippen MR) is 79.1 cm³/mol. The lowest BCUT2D eigenvalue weighted by Gasteiger charge is -2.04. The maximum Gasteiger partial charge on any atom is 0.203 e. The van der Waals surface area contributed by atoms with Crippen molar-refractivity contribution >= 4 is 21.9 Å². The Hall–Kier alpha value is -2.95. The van der Waals surface area contributed by atoms with Crippen LogP contribution in [-0.4, -0.2) is 21.8 Å². The molecule has 0 radical (unpaired) electrons. The molecule has 0 fully saturated rings. The number of ether oxygens (including phenoxy) is 1. The molecule has 0 atom stereocenters. The van der Waals surface area contributed by atoms with E-state index >= 15 is 0 Å². The third-order valence-electron chi connectivity index (χ3n) is 3.59. The van der Waals surface area contributed by atoms with Crippen LogP contribution in [-0.2, 0) is 0 Å². The highest BCUT2D eigenvalue weighted by atomic mass is 16.5. The van der Waals surface area contributed by atoms with Crippen molar-refractivity contribution in [3.05, 3.63) is 49.0 Å². The van der Waals surface area contributed by atoms with Crippen LogP contribution in [0, 0.1) is 0 Å². The van der Waals surface area contributed by atoms with Gasteiger partial charge in [0.05, 0.1) is 12.8 Å². The Morgan fingerprint density at radius 3 is 2.95 bits per heavy atom. The summed E-state index contributed by atoms with van der Waals surface area (Å²) in [5, 5.41) is 12.1. The first-order valence-corrected chi connectivity index (χ1v) is 6.48. The third-order valence-corrected chi connectivity index (χ3v) is 3.59. The van der Waals surface area contributed by atoms with Crippen LogP contribution in [0.2, 0.25) is 0 Å². The number of nitrogens with zero attached hydrogens (tertiary/aromatic N) is 2. The van der Waals surface area contributed by atoms with Crippen molar-refractivity contribution in [2.75, 3.05) is 7.11 Å². The molecule has 0 bridgehead atoms. The summed E-state index contributed by atoms with van der Waals surface area (Å²) in [4.78, 5) is 4.13. The van der Waals surface area contributed by atoms with Gasteiger partial charge < -0.3 is 14.3 Å². The summed E-state index contributed by atoms with van der Waals surface area (Å²) in [6.45, 7) is 0. The van der Waals surface area contributed by atoms with E-state index in [1.165, 1.54) is 6.39 Å². The number of hydrogen-bond donors (Lipinski definition) is 1. The van der Waals surface area contributed by atoms with Gasteiger partial charge in [-0.05, 0) is 36.4 Å². The highest BCUT2D eigenvalue weighted by Crippen LogP contribution is 2.33. The molecule has 0 saturated carbocycles. The molecular formula is C16H12N2O3. The highest BCUT2D eigenvalue weighted by Gasteiger charge is 2.11. The average molecular weight is 280 g/mol. The van der Waals surface area contributed by atoms with E-state index in [0.29, 0.717) is 5.75 Å². The van der Waals surface area contributed by atoms with E-state index in [9.17, 15) is 5.11 Å². The zero-order valence-electron chi connectivity index (χ0n) is 11.3. The van der Waals surface area contributed by atoms with E-state index in [1.54, 1.807) is 11.7 Å². The number of methoxy groups -OCH3 is 1. The van der Waals surface area contributed by atoms with Crippen molar-refractivity contribution in [3.63, 3.8) is 0 Å². The lowest BCUT2D eigenvalue weighted by Crippen LogP contribution is -1.90. The molecule has 2 aromatic heterocycles. The van der Waals surface area contributed by atoms with Gasteiger partial charge in [-0.15, -0.1) is 0 Å². The van der Waals surface area contributed by atoms with Gasteiger partial charge in [0.2, 0.25) is 5.88 Å². The number of aromatic hydroxyl groups is 1. The molecule has 5 heteroatoms. The maximum absolute atomic E-state index is 10.4. The molecule has 1 N–H and O–H groups in total. The molecule has 0 aliphatic carbocycles. The van der Waals surface area contributed by atoms with Crippen molar-refractivity contribution in [1.29, 1.82) is 0 Å². The summed E-state index contributed by atoms with van der Waals surface area (Å²) in [5.41, 5.74) is 2.29. The van der Waals surface area contributed by atoms with Crippen molar-refractivity contribution in [2.45, 2.75) is 0 Å². The van der Waals surface area contributed by atoms with Gasteiger partial charge in [-0.2, -0.15) is 0 Å². The van der Waals surface area contributed by atoms with Gasteiger partial charge >= 0.3 is 0 Å². The Kier molecular flexibility index (Phi) is 2.41. The molecule has 0 spiro atoms. The molecule has 0 saturated heterocycles. The highest BCUT2D eigenvalue weighted by molar-refractivity contribution is 5.90. The number of oxazole rings is 1. The summed E-state index contributed by atoms with van der Waals surface area (Å²) in [7, 11) is 1.60. The second kappa shape index (κ2) is 4.28. The van der Waals surface area contributed by atoms with E-state index in [4.69, 9.17) is 9.15 Å². The van der Waals surface area contributed by atoms with Crippen LogP contribution in [0.4, 0.5) is 0 Å². The molecule has 5 nitrogen and oxygen atoms in total. The van der Waals surface area contributed by atoms with Crippen LogP contribution in [0.25, 0.3) is 27.6 Å². The minimum Gasteiger partial charge on any atom is -0.497 e. The van der Waals surface area contributed by atoms with Crippen molar-refractivity contribution in [1.82, 2.24) is 9.55 Å². The van der Waals surface area contributed by atoms with E-state index in [2.05, 4.69) is 4.98 Å². The van der Waals surface area contributed by atoms with E-state index in [-0.39, 0.29) is 5.88 Å². The normalized spacial score (nSPS) is 11.3. The zero-order chi connectivity index (χ0) is 14.4. The zero-order valence-corrected chi connectivity index (χ0v) is 11.3. The summed E-state index contributed by atoms with van der Waals surface area (Å²) in [6.07, 6.45) is 3.29. The largest absolute Gasteiger partial charge is 0.497 e. The minimum absolute atomic E-state index is 0.173. The predicted octanol–water partition coefficient (Wildman–Crippen LogP) is 3.49. The molecule has 0 unspecified atom stereocenters. The van der Waals surface area contributed by atoms with Crippen LogP contribution in [0.5, 0.6) is 11.6 Å². The second-order valence-electron chi connectivity index (χ2n) is 4.78. The summed E-state index contributed by atoms with van der Waals surface area (Å²) in [5.74, 6) is 0.884. The molecule has 2 heterocycles. The first-order valence-electron chi connectivity index (χ1n) is 6.48. The van der Waals surface area contributed by atoms with Gasteiger partial charge in [0.1, 0.15) is 11.3 Å². The Labute approximate surface area is 120 Å². The fourth-order valence-electron chi connectivity index (χ4n) is 2.49. The molecule has 0 aliphatic heterocycles. The molecule has 4 rings (SSSR count). The quantitative estimate of drug-likeness (QED) is 0.610. The van der Waals surface area contributed by atoms with E-state index in [1.807, 2.05) is 42.6 Å². The molecule has 104 valence electrons. The van der Waals surface area contributed by atoms with Crippen molar-refractivity contribution in [3.8, 4) is 17.3 Å². The summed E-state index contributed by atoms with van der Waals surface area (Å²) >= 11 is 0. The molecule has 0 amide bonds. The van der Waals surface area contributed by atoms with Gasteiger partial charge in [0.25, 0.3) is 0 Å². The van der Waals surface area contributed by atoms with E-state index in [0.717, 1.165) is 27.6 Å². The molecule has 2 aromatic carbocycles. The maximum atomic E-state index is 10.4. The van der Waals surface area contributed by atoms with Gasteiger partial charge in [0.15, 0.2) is 12.0 Å². The number of rotatable bonds is 2. The molecule has 4 aromatic rings. The minimum atomic E-state index is 0.173. The summed E-state index contributed by atoms with van der Waals surface area (Å²) in [6, 6.07) is 11.2. The van der Waals surface area contributed by atoms with Crippen LogP contribution >= 0.6 is 0 Å². The van der Waals surface area contributed by atoms with Crippen LogP contribution in [0.1, 0.15) is 0 Å². The van der Waals surface area contributed by atoms with Crippen LogP contribution < -0.4 is 4.74 Å². The van der Waals surface area contributed by atoms with Crippen molar-refractivity contribution in [2.24, 2.45) is 0 Å². The Bertz CT molecular complexity index is 953. The Morgan fingerprint density at radius 2 is 2.10 bits per heavy atom. The van der Waals surface area contributed by atoms with Crippen LogP contribution in [0.15, 0.2) is 53.4 Å². The van der Waals surface area contributed by atoms with Gasteiger partial charge in [-0.25, -0.2) is 4.98 Å². The van der Waals surface area contributed by atoms with Crippen molar-refractivity contribution < 1.29 is 14.3 Å². The topological polar surface area (TPSA) is 60.4 Å². The fourth-order valence-corrected chi connectivity index (χ4v) is 2.49. The second-order valence-corrected chi connectivity index (χ2v) is 4.78. The first kappa shape index (κ1) is 11.8. The van der Waals surface area contributed by atoms with Gasteiger partial charge in [-0.1, -0.05) is 0 Å². The van der Waals surface area contributed by atoms with Gasteiger partial charge in [0, 0.05) is 17.0 Å². The Morgan fingerprint density at radius 1 is 1.19 bits per heavy atom. The Balaban J connectivity index is 1.94. The number of fused-ring (bicyclic) bond motifs is 2.